The van der Waals surface area contributed by atoms with Crippen LogP contribution in [-0.4, -0.2) is 32.3 Å². The van der Waals surface area contributed by atoms with E-state index in [0.29, 0.717) is 17.9 Å². The molecule has 1 saturated heterocycles. The van der Waals surface area contributed by atoms with Gasteiger partial charge in [0.05, 0.1) is 4.90 Å². The van der Waals surface area contributed by atoms with E-state index in [2.05, 4.69) is 6.92 Å². The van der Waals surface area contributed by atoms with Gasteiger partial charge in [-0.2, -0.15) is 0 Å². The third-order valence-corrected chi connectivity index (χ3v) is 5.40. The van der Waals surface area contributed by atoms with Crippen LogP contribution in [0.25, 0.3) is 0 Å². The predicted octanol–water partition coefficient (Wildman–Crippen LogP) is 3.05. The second-order valence-electron chi connectivity index (χ2n) is 5.59. The molecule has 0 saturated carbocycles. The number of likely N-dealkylation sites (tertiary alicyclic amines) is 1. The van der Waals surface area contributed by atoms with Gasteiger partial charge in [-0.05, 0) is 42.9 Å². The average Bonchev–Trinajstić information content (AvgIpc) is 2.45. The van der Waals surface area contributed by atoms with Gasteiger partial charge in [0.15, 0.2) is 0 Å². The molecule has 0 spiro atoms. The number of hydrogen-bond acceptors (Lipinski definition) is 3. The molecule has 0 aromatic heterocycles. The van der Waals surface area contributed by atoms with E-state index in [9.17, 15) is 13.2 Å². The lowest BCUT2D eigenvalue weighted by Crippen LogP contribution is -2.38. The lowest BCUT2D eigenvalue weighted by atomic mass is 9.97. The summed E-state index contributed by atoms with van der Waals surface area (Å²) in [5.74, 6) is 0.537. The lowest BCUT2D eigenvalue weighted by molar-refractivity contribution is 0.0696. The van der Waals surface area contributed by atoms with Crippen LogP contribution in [0.2, 0.25) is 0 Å². The first-order valence-corrected chi connectivity index (χ1v) is 9.50. The Morgan fingerprint density at radius 1 is 1.33 bits per heavy atom. The standard InChI is InChI=1S/C15H20ClNO3S/c1-3-12-4-5-13(21(16,19)20)10-14(12)15(18)17-8-6-11(2)7-9-17/h4-5,10-11H,3,6-9H2,1-2H3. The number of nitrogens with zero attached hydrogens (tertiary/aromatic N) is 1. The molecule has 0 aliphatic carbocycles. The van der Waals surface area contributed by atoms with Gasteiger partial charge in [0.2, 0.25) is 0 Å². The Hall–Kier alpha value is -1.07. The Kier molecular flexibility index (Phi) is 4.94. The highest BCUT2D eigenvalue weighted by Crippen LogP contribution is 2.23. The summed E-state index contributed by atoms with van der Waals surface area (Å²) in [5.41, 5.74) is 1.30. The number of benzene rings is 1. The third-order valence-electron chi connectivity index (χ3n) is 4.05. The molecule has 1 aliphatic heterocycles. The van der Waals surface area contributed by atoms with E-state index in [0.717, 1.165) is 31.5 Å². The first kappa shape index (κ1) is 16.3. The van der Waals surface area contributed by atoms with Gasteiger partial charge in [0, 0.05) is 29.3 Å². The fraction of sp³-hybridized carbons (Fsp3) is 0.533. The minimum atomic E-state index is -3.82. The average molecular weight is 330 g/mol. The van der Waals surface area contributed by atoms with Crippen molar-refractivity contribution in [2.75, 3.05) is 13.1 Å². The summed E-state index contributed by atoms with van der Waals surface area (Å²) >= 11 is 0. The fourth-order valence-electron chi connectivity index (χ4n) is 2.60. The van der Waals surface area contributed by atoms with E-state index in [4.69, 9.17) is 10.7 Å². The largest absolute Gasteiger partial charge is 0.339 e. The Morgan fingerprint density at radius 2 is 1.95 bits per heavy atom. The van der Waals surface area contributed by atoms with Crippen molar-refractivity contribution in [2.45, 2.75) is 38.0 Å². The normalized spacial score (nSPS) is 17.0. The number of hydrogen-bond donors (Lipinski definition) is 0. The van der Waals surface area contributed by atoms with Crippen LogP contribution in [0.15, 0.2) is 23.1 Å². The van der Waals surface area contributed by atoms with E-state index in [1.807, 2.05) is 6.92 Å². The van der Waals surface area contributed by atoms with Gasteiger partial charge in [0.1, 0.15) is 0 Å². The van der Waals surface area contributed by atoms with E-state index in [1.54, 1.807) is 11.0 Å². The minimum Gasteiger partial charge on any atom is -0.339 e. The maximum atomic E-state index is 12.7. The molecule has 0 N–H and O–H groups in total. The molecule has 0 bridgehead atoms. The smallest absolute Gasteiger partial charge is 0.261 e. The summed E-state index contributed by atoms with van der Waals surface area (Å²) in [4.78, 5) is 14.4. The number of piperidine rings is 1. The molecule has 116 valence electrons. The van der Waals surface area contributed by atoms with Crippen molar-refractivity contribution in [1.29, 1.82) is 0 Å². The highest BCUT2D eigenvalue weighted by Gasteiger charge is 2.24. The maximum absolute atomic E-state index is 12.7. The molecule has 0 unspecified atom stereocenters. The van der Waals surface area contributed by atoms with Gasteiger partial charge >= 0.3 is 0 Å². The number of carbonyl (C=O) groups excluding carboxylic acids is 1. The fourth-order valence-corrected chi connectivity index (χ4v) is 3.37. The summed E-state index contributed by atoms with van der Waals surface area (Å²) in [7, 11) is 1.56. The molecule has 0 atom stereocenters. The van der Waals surface area contributed by atoms with Crippen molar-refractivity contribution in [3.05, 3.63) is 29.3 Å². The molecule has 2 rings (SSSR count). The molecule has 1 heterocycles. The second kappa shape index (κ2) is 6.36. The summed E-state index contributed by atoms with van der Waals surface area (Å²) in [5, 5.41) is 0. The summed E-state index contributed by atoms with van der Waals surface area (Å²) < 4.78 is 22.9. The van der Waals surface area contributed by atoms with Crippen LogP contribution < -0.4 is 0 Å². The van der Waals surface area contributed by atoms with Crippen LogP contribution in [0.1, 0.15) is 42.6 Å². The quantitative estimate of drug-likeness (QED) is 0.801. The zero-order valence-corrected chi connectivity index (χ0v) is 13.9. The Labute approximate surface area is 130 Å². The Balaban J connectivity index is 2.34. The monoisotopic (exact) mass is 329 g/mol. The second-order valence-corrected chi connectivity index (χ2v) is 8.15. The topological polar surface area (TPSA) is 54.5 Å². The molecule has 4 nitrogen and oxygen atoms in total. The molecule has 1 aliphatic rings. The molecule has 1 aromatic rings. The van der Waals surface area contributed by atoms with Crippen molar-refractivity contribution in [1.82, 2.24) is 4.90 Å². The van der Waals surface area contributed by atoms with Gasteiger partial charge in [-0.15, -0.1) is 0 Å². The van der Waals surface area contributed by atoms with Crippen LogP contribution in [0, 0.1) is 5.92 Å². The number of aryl methyl sites for hydroxylation is 1. The van der Waals surface area contributed by atoms with Crippen LogP contribution in [-0.2, 0) is 15.5 Å². The summed E-state index contributed by atoms with van der Waals surface area (Å²) in [6.07, 6.45) is 2.65. The number of halogens is 1. The van der Waals surface area contributed by atoms with Crippen LogP contribution >= 0.6 is 10.7 Å². The number of carbonyl (C=O) groups is 1. The Bertz CT molecular complexity index is 634. The highest BCUT2D eigenvalue weighted by molar-refractivity contribution is 8.13. The molecular formula is C15H20ClNO3S. The van der Waals surface area contributed by atoms with Gasteiger partial charge < -0.3 is 4.90 Å². The third kappa shape index (κ3) is 3.77. The van der Waals surface area contributed by atoms with E-state index in [-0.39, 0.29) is 10.8 Å². The van der Waals surface area contributed by atoms with Crippen molar-refractivity contribution < 1.29 is 13.2 Å². The first-order chi connectivity index (χ1) is 9.82. The molecule has 6 heteroatoms. The maximum Gasteiger partial charge on any atom is 0.261 e. The van der Waals surface area contributed by atoms with Gasteiger partial charge in [-0.3, -0.25) is 4.79 Å². The zero-order valence-electron chi connectivity index (χ0n) is 12.3. The SMILES string of the molecule is CCc1ccc(S(=O)(=O)Cl)cc1C(=O)N1CCC(C)CC1. The zero-order chi connectivity index (χ0) is 15.6. The summed E-state index contributed by atoms with van der Waals surface area (Å²) in [6.45, 7) is 5.57. The van der Waals surface area contributed by atoms with E-state index >= 15 is 0 Å². The summed E-state index contributed by atoms with van der Waals surface area (Å²) in [6, 6.07) is 4.53. The van der Waals surface area contributed by atoms with E-state index < -0.39 is 9.05 Å². The first-order valence-electron chi connectivity index (χ1n) is 7.19. The number of amides is 1. The molecule has 1 fully saturated rings. The minimum absolute atomic E-state index is 0.0184. The highest BCUT2D eigenvalue weighted by atomic mass is 35.7. The molecule has 1 amide bonds. The predicted molar refractivity (Wildman–Crippen MR) is 83.2 cm³/mol. The molecule has 21 heavy (non-hydrogen) atoms. The van der Waals surface area contributed by atoms with Crippen LogP contribution in [0.4, 0.5) is 0 Å². The van der Waals surface area contributed by atoms with Crippen molar-refractivity contribution in [3.8, 4) is 0 Å². The van der Waals surface area contributed by atoms with Gasteiger partial charge in [-0.25, -0.2) is 8.42 Å². The molecule has 1 aromatic carbocycles. The Morgan fingerprint density at radius 3 is 2.48 bits per heavy atom. The molecule has 0 radical (unpaired) electrons. The van der Waals surface area contributed by atoms with Crippen LogP contribution in [0.5, 0.6) is 0 Å². The lowest BCUT2D eigenvalue weighted by Gasteiger charge is -2.31. The van der Waals surface area contributed by atoms with Crippen LogP contribution in [0.3, 0.4) is 0 Å². The van der Waals surface area contributed by atoms with Gasteiger partial charge in [-0.1, -0.05) is 19.9 Å². The van der Waals surface area contributed by atoms with Gasteiger partial charge in [0.25, 0.3) is 15.0 Å². The van der Waals surface area contributed by atoms with E-state index in [1.165, 1.54) is 12.1 Å². The van der Waals surface area contributed by atoms with Crippen molar-refractivity contribution >= 4 is 25.6 Å². The van der Waals surface area contributed by atoms with Crippen molar-refractivity contribution in [3.63, 3.8) is 0 Å². The number of rotatable bonds is 3. The molecular weight excluding hydrogens is 310 g/mol. The van der Waals surface area contributed by atoms with Crippen molar-refractivity contribution in [2.24, 2.45) is 5.92 Å².